The van der Waals surface area contributed by atoms with Crippen LogP contribution in [0.25, 0.3) is 0 Å². The number of rotatable bonds is 5. The lowest BCUT2D eigenvalue weighted by atomic mass is 10.1. The van der Waals surface area contributed by atoms with E-state index < -0.39 is 49.4 Å². The molecule has 0 fully saturated rings. The first-order chi connectivity index (χ1) is 10.7. The summed E-state index contributed by atoms with van der Waals surface area (Å²) < 4.78 is 59.9. The van der Waals surface area contributed by atoms with Crippen molar-refractivity contribution in [3.63, 3.8) is 0 Å². The average molecular weight is 365 g/mol. The number of ketones is 1. The van der Waals surface area contributed by atoms with Crippen LogP contribution >= 0.6 is 0 Å². The van der Waals surface area contributed by atoms with E-state index >= 15 is 0 Å². The number of nitrogens with zero attached hydrogens (tertiary/aromatic N) is 1. The summed E-state index contributed by atoms with van der Waals surface area (Å²) in [6.07, 6.45) is -6.45. The number of alkyl halides is 3. The van der Waals surface area contributed by atoms with Crippen molar-refractivity contribution in [1.29, 1.82) is 0 Å². The van der Waals surface area contributed by atoms with Crippen LogP contribution in [0, 0.1) is 5.82 Å². The lowest BCUT2D eigenvalue weighted by molar-refractivity contribution is -0.198. The molecule has 3 nitrogen and oxygen atoms in total. The minimum atomic E-state index is -4.66. The zero-order valence-corrected chi connectivity index (χ0v) is 15.7. The Labute approximate surface area is 140 Å². The second-order valence-electron chi connectivity index (χ2n) is 7.29. The van der Waals surface area contributed by atoms with Crippen molar-refractivity contribution in [2.24, 2.45) is 0 Å². The van der Waals surface area contributed by atoms with E-state index in [1.807, 2.05) is 20.8 Å². The molecule has 0 saturated heterocycles. The standard InChI is InChI=1S/C16H23F4NO2Si/c1-10(22)11-7-8-21-12(14(11)17)9-13(16(18,19)20)23-24(5,6)15(2,3)4/h7-8,13H,9H2,1-6H3. The van der Waals surface area contributed by atoms with E-state index in [1.165, 1.54) is 0 Å². The fourth-order valence-electron chi connectivity index (χ4n) is 1.83. The second-order valence-corrected chi connectivity index (χ2v) is 12.0. The number of carbonyl (C=O) groups is 1. The molecule has 0 spiro atoms. The molecule has 136 valence electrons. The molecule has 0 N–H and O–H groups in total. The van der Waals surface area contributed by atoms with Crippen LogP contribution < -0.4 is 0 Å². The summed E-state index contributed by atoms with van der Waals surface area (Å²) in [6, 6.07) is 1.15. The SMILES string of the molecule is CC(=O)c1ccnc(CC(O[Si](C)(C)C(C)(C)C)C(F)(F)F)c1F. The van der Waals surface area contributed by atoms with Crippen LogP contribution in [0.1, 0.15) is 43.7 Å². The highest BCUT2D eigenvalue weighted by Gasteiger charge is 2.48. The second kappa shape index (κ2) is 6.91. The molecule has 1 aromatic heterocycles. The van der Waals surface area contributed by atoms with Gasteiger partial charge in [0.25, 0.3) is 0 Å². The molecule has 0 amide bonds. The normalized spacial score (nSPS) is 14.6. The van der Waals surface area contributed by atoms with E-state index in [4.69, 9.17) is 4.43 Å². The Morgan fingerprint density at radius 1 is 1.29 bits per heavy atom. The van der Waals surface area contributed by atoms with Crippen molar-refractivity contribution in [1.82, 2.24) is 4.98 Å². The number of Topliss-reactive ketones (excluding diaryl/α,β-unsaturated/α-hetero) is 1. The molecule has 0 saturated carbocycles. The van der Waals surface area contributed by atoms with Gasteiger partial charge >= 0.3 is 6.18 Å². The van der Waals surface area contributed by atoms with Gasteiger partial charge in [0.15, 0.2) is 19.9 Å². The Morgan fingerprint density at radius 2 is 1.83 bits per heavy atom. The van der Waals surface area contributed by atoms with Crippen LogP contribution in [0.5, 0.6) is 0 Å². The molecule has 24 heavy (non-hydrogen) atoms. The zero-order chi connectivity index (χ0) is 18.9. The van der Waals surface area contributed by atoms with Gasteiger partial charge in [0.05, 0.1) is 11.3 Å². The molecule has 1 rings (SSSR count). The van der Waals surface area contributed by atoms with E-state index in [-0.39, 0.29) is 5.56 Å². The fourth-order valence-corrected chi connectivity index (χ4v) is 3.12. The molecule has 0 aliphatic rings. The fraction of sp³-hybridized carbons (Fsp3) is 0.625. The van der Waals surface area contributed by atoms with E-state index in [2.05, 4.69) is 4.98 Å². The predicted octanol–water partition coefficient (Wildman–Crippen LogP) is 4.92. The Morgan fingerprint density at radius 3 is 2.25 bits per heavy atom. The Kier molecular flexibility index (Phi) is 5.98. The van der Waals surface area contributed by atoms with Crippen LogP contribution in [0.15, 0.2) is 12.3 Å². The van der Waals surface area contributed by atoms with Gasteiger partial charge in [-0.05, 0) is 31.1 Å². The van der Waals surface area contributed by atoms with E-state index in [0.29, 0.717) is 0 Å². The van der Waals surface area contributed by atoms with Gasteiger partial charge < -0.3 is 4.43 Å². The maximum Gasteiger partial charge on any atom is 0.413 e. The number of aromatic nitrogens is 1. The van der Waals surface area contributed by atoms with Gasteiger partial charge in [0, 0.05) is 12.6 Å². The molecular weight excluding hydrogens is 342 g/mol. The third kappa shape index (κ3) is 4.86. The van der Waals surface area contributed by atoms with Crippen molar-refractivity contribution in [2.75, 3.05) is 0 Å². The van der Waals surface area contributed by atoms with Crippen LogP contribution in [0.4, 0.5) is 17.6 Å². The summed E-state index contributed by atoms with van der Waals surface area (Å²) in [7, 11) is -2.72. The lowest BCUT2D eigenvalue weighted by Gasteiger charge is -2.39. The van der Waals surface area contributed by atoms with Gasteiger partial charge in [-0.1, -0.05) is 20.8 Å². The quantitative estimate of drug-likeness (QED) is 0.422. The largest absolute Gasteiger partial charge is 0.413 e. The minimum Gasteiger partial charge on any atom is -0.405 e. The van der Waals surface area contributed by atoms with Gasteiger partial charge in [-0.3, -0.25) is 9.78 Å². The highest BCUT2D eigenvalue weighted by atomic mass is 28.4. The molecule has 1 aromatic rings. The van der Waals surface area contributed by atoms with Crippen LogP contribution in [-0.2, 0) is 10.8 Å². The van der Waals surface area contributed by atoms with Crippen LogP contribution in [0.3, 0.4) is 0 Å². The third-order valence-electron chi connectivity index (χ3n) is 4.33. The maximum atomic E-state index is 14.2. The Bertz CT molecular complexity index is 609. The number of halogens is 4. The van der Waals surface area contributed by atoms with Crippen molar-refractivity contribution in [3.05, 3.63) is 29.3 Å². The summed E-state index contributed by atoms with van der Waals surface area (Å²) in [5, 5.41) is -0.427. The highest BCUT2D eigenvalue weighted by Crippen LogP contribution is 2.40. The summed E-state index contributed by atoms with van der Waals surface area (Å²) in [4.78, 5) is 15.0. The topological polar surface area (TPSA) is 39.2 Å². The summed E-state index contributed by atoms with van der Waals surface area (Å²) in [6.45, 7) is 10.0. The molecule has 8 heteroatoms. The third-order valence-corrected chi connectivity index (χ3v) is 8.81. The van der Waals surface area contributed by atoms with E-state index in [9.17, 15) is 22.4 Å². The number of hydrogen-bond acceptors (Lipinski definition) is 3. The molecule has 0 radical (unpaired) electrons. The molecular formula is C16H23F4NO2Si. The molecule has 0 aromatic carbocycles. The van der Waals surface area contributed by atoms with Crippen molar-refractivity contribution in [3.8, 4) is 0 Å². The van der Waals surface area contributed by atoms with Gasteiger partial charge in [-0.25, -0.2) is 4.39 Å². The first-order valence-electron chi connectivity index (χ1n) is 7.55. The number of pyridine rings is 1. The van der Waals surface area contributed by atoms with Gasteiger partial charge in [0.2, 0.25) is 0 Å². The number of carbonyl (C=O) groups excluding carboxylic acids is 1. The van der Waals surface area contributed by atoms with Crippen LogP contribution in [-0.4, -0.2) is 31.4 Å². The van der Waals surface area contributed by atoms with E-state index in [0.717, 1.165) is 19.2 Å². The molecule has 0 bridgehead atoms. The Balaban J connectivity index is 3.18. The van der Waals surface area contributed by atoms with Crippen LogP contribution in [0.2, 0.25) is 18.1 Å². The molecule has 1 heterocycles. The number of hydrogen-bond donors (Lipinski definition) is 0. The van der Waals surface area contributed by atoms with E-state index in [1.54, 1.807) is 13.1 Å². The summed E-state index contributed by atoms with van der Waals surface area (Å²) >= 11 is 0. The molecule has 1 atom stereocenters. The molecule has 0 aliphatic carbocycles. The van der Waals surface area contributed by atoms with Crippen molar-refractivity contribution < 1.29 is 26.8 Å². The predicted molar refractivity (Wildman–Crippen MR) is 86.0 cm³/mol. The summed E-state index contributed by atoms with van der Waals surface area (Å²) in [5.41, 5.74) is -0.683. The monoisotopic (exact) mass is 365 g/mol. The van der Waals surface area contributed by atoms with Crippen molar-refractivity contribution in [2.45, 2.75) is 64.5 Å². The zero-order valence-electron chi connectivity index (χ0n) is 14.7. The van der Waals surface area contributed by atoms with Gasteiger partial charge in [-0.15, -0.1) is 0 Å². The van der Waals surface area contributed by atoms with Crippen molar-refractivity contribution >= 4 is 14.1 Å². The first kappa shape index (κ1) is 20.8. The average Bonchev–Trinajstić information content (AvgIpc) is 2.37. The molecule has 1 unspecified atom stereocenters. The maximum absolute atomic E-state index is 14.2. The smallest absolute Gasteiger partial charge is 0.405 e. The first-order valence-corrected chi connectivity index (χ1v) is 10.5. The highest BCUT2D eigenvalue weighted by molar-refractivity contribution is 6.74. The molecule has 0 aliphatic heterocycles. The minimum absolute atomic E-state index is 0.270. The van der Waals surface area contributed by atoms with Gasteiger partial charge in [-0.2, -0.15) is 13.2 Å². The summed E-state index contributed by atoms with van der Waals surface area (Å²) in [5.74, 6) is -1.58. The lowest BCUT2D eigenvalue weighted by Crippen LogP contribution is -2.49. The van der Waals surface area contributed by atoms with Gasteiger partial charge in [0.1, 0.15) is 6.10 Å². The Hall–Kier alpha value is -1.28.